The molecule has 2 aliphatic rings. The van der Waals surface area contributed by atoms with E-state index in [-0.39, 0.29) is 11.7 Å². The van der Waals surface area contributed by atoms with Crippen molar-refractivity contribution < 1.29 is 4.74 Å². The summed E-state index contributed by atoms with van der Waals surface area (Å²) in [4.78, 5) is 18.4. The fourth-order valence-corrected chi connectivity index (χ4v) is 5.98. The quantitative estimate of drug-likeness (QED) is 0.396. The van der Waals surface area contributed by atoms with Crippen molar-refractivity contribution in [1.82, 2.24) is 18.9 Å². The molecule has 0 radical (unpaired) electrons. The Bertz CT molecular complexity index is 1240. The molecule has 2 fully saturated rings. The van der Waals surface area contributed by atoms with Gasteiger partial charge in [-0.1, -0.05) is 52.5 Å². The van der Waals surface area contributed by atoms with Crippen LogP contribution in [0, 0.1) is 0 Å². The van der Waals surface area contributed by atoms with Gasteiger partial charge in [0, 0.05) is 67.5 Å². The first kappa shape index (κ1) is 25.4. The van der Waals surface area contributed by atoms with Crippen molar-refractivity contribution in [3.63, 3.8) is 0 Å². The van der Waals surface area contributed by atoms with E-state index in [2.05, 4.69) is 9.80 Å². The van der Waals surface area contributed by atoms with Crippen LogP contribution in [0.1, 0.15) is 24.4 Å². The molecule has 10 heteroatoms. The van der Waals surface area contributed by atoms with E-state index in [1.165, 1.54) is 0 Å². The highest BCUT2D eigenvalue weighted by Gasteiger charge is 2.27. The third kappa shape index (κ3) is 5.40. The van der Waals surface area contributed by atoms with E-state index in [4.69, 9.17) is 51.1 Å². The molecular weight excluding hydrogens is 530 g/mol. The highest BCUT2D eigenvalue weighted by molar-refractivity contribution is 6.42. The van der Waals surface area contributed by atoms with Crippen LogP contribution in [0.4, 0.5) is 0 Å². The largest absolute Gasteiger partial charge is 0.379 e. The number of aromatic nitrogens is 2. The molecule has 0 amide bonds. The number of ether oxygens (including phenoxy) is 1. The fourth-order valence-electron chi connectivity index (χ4n) is 5.15. The van der Waals surface area contributed by atoms with Crippen molar-refractivity contribution in [2.75, 3.05) is 45.9 Å². The normalized spacial score (nSPS) is 18.5. The molecule has 0 unspecified atom stereocenters. The molecule has 0 spiro atoms. The van der Waals surface area contributed by atoms with Crippen LogP contribution in [0.15, 0.2) is 35.1 Å². The first-order chi connectivity index (χ1) is 16.9. The van der Waals surface area contributed by atoms with Gasteiger partial charge >= 0.3 is 5.69 Å². The fraction of sp³-hybridized carbons (Fsp3) is 0.480. The lowest BCUT2D eigenvalue weighted by atomic mass is 10.0. The summed E-state index contributed by atoms with van der Waals surface area (Å²) in [5.74, 6) is 0. The maximum atomic E-state index is 13.7. The second-order valence-corrected chi connectivity index (χ2v) is 10.8. The van der Waals surface area contributed by atoms with E-state index in [0.29, 0.717) is 33.2 Å². The topological polar surface area (TPSA) is 42.6 Å². The molecule has 3 heterocycles. The van der Waals surface area contributed by atoms with Crippen molar-refractivity contribution in [3.05, 3.63) is 66.5 Å². The second kappa shape index (κ2) is 11.0. The van der Waals surface area contributed by atoms with E-state index in [1.54, 1.807) is 0 Å². The molecule has 0 N–H and O–H groups in total. The Labute approximate surface area is 224 Å². The summed E-state index contributed by atoms with van der Waals surface area (Å²) in [5, 5.41) is 2.29. The Morgan fingerprint density at radius 2 is 1.43 bits per heavy atom. The van der Waals surface area contributed by atoms with Gasteiger partial charge in [-0.25, -0.2) is 4.79 Å². The second-order valence-electron chi connectivity index (χ2n) is 9.22. The predicted octanol–water partition coefficient (Wildman–Crippen LogP) is 5.59. The van der Waals surface area contributed by atoms with Crippen LogP contribution < -0.4 is 5.69 Å². The number of imidazole rings is 1. The first-order valence-corrected chi connectivity index (χ1v) is 13.5. The predicted molar refractivity (Wildman–Crippen MR) is 143 cm³/mol. The minimum absolute atomic E-state index is 0.000749. The van der Waals surface area contributed by atoms with Crippen LogP contribution in [0.25, 0.3) is 11.0 Å². The van der Waals surface area contributed by atoms with Gasteiger partial charge in [0.2, 0.25) is 0 Å². The number of nitrogens with zero attached hydrogens (tertiary/aromatic N) is 4. The van der Waals surface area contributed by atoms with Gasteiger partial charge in [-0.2, -0.15) is 0 Å². The van der Waals surface area contributed by atoms with Crippen LogP contribution in [0.5, 0.6) is 0 Å². The van der Waals surface area contributed by atoms with Crippen LogP contribution in [0.2, 0.25) is 20.1 Å². The molecule has 5 rings (SSSR count). The van der Waals surface area contributed by atoms with Gasteiger partial charge in [-0.3, -0.25) is 18.9 Å². The van der Waals surface area contributed by atoms with Crippen LogP contribution >= 0.6 is 46.4 Å². The SMILES string of the molecule is O=c1n(CCN2CCOCC2)c2cc(Cl)c(Cl)cc2n1C1CCN(Cc2c(Cl)cccc2Cl)CC1. The third-order valence-electron chi connectivity index (χ3n) is 7.11. The van der Waals surface area contributed by atoms with Crippen molar-refractivity contribution in [1.29, 1.82) is 0 Å². The van der Waals surface area contributed by atoms with Gasteiger partial charge in [0.15, 0.2) is 0 Å². The number of halogens is 4. The van der Waals surface area contributed by atoms with Crippen LogP contribution in [-0.2, 0) is 17.8 Å². The summed E-state index contributed by atoms with van der Waals surface area (Å²) in [6.07, 6.45) is 1.70. The molecule has 0 saturated carbocycles. The number of benzene rings is 2. The Morgan fingerprint density at radius 3 is 2.09 bits per heavy atom. The smallest absolute Gasteiger partial charge is 0.329 e. The number of piperidine rings is 1. The number of hydrogen-bond acceptors (Lipinski definition) is 4. The van der Waals surface area contributed by atoms with Gasteiger partial charge in [0.05, 0.1) is 34.3 Å². The molecular formula is C25H28Cl4N4O2. The molecule has 2 aromatic carbocycles. The zero-order valence-corrected chi connectivity index (χ0v) is 22.4. The van der Waals surface area contributed by atoms with Gasteiger partial charge in [0.1, 0.15) is 0 Å². The van der Waals surface area contributed by atoms with E-state index in [0.717, 1.165) is 75.4 Å². The average Bonchev–Trinajstić information content (AvgIpc) is 3.11. The molecule has 1 aromatic heterocycles. The molecule has 2 aliphatic heterocycles. The number of hydrogen-bond donors (Lipinski definition) is 0. The lowest BCUT2D eigenvalue weighted by Crippen LogP contribution is -2.40. The number of likely N-dealkylation sites (tertiary alicyclic amines) is 1. The maximum Gasteiger partial charge on any atom is 0.329 e. The Morgan fingerprint density at radius 1 is 0.800 bits per heavy atom. The van der Waals surface area contributed by atoms with Gasteiger partial charge in [-0.05, 0) is 37.1 Å². The molecule has 2 saturated heterocycles. The van der Waals surface area contributed by atoms with Gasteiger partial charge in [-0.15, -0.1) is 0 Å². The van der Waals surface area contributed by atoms with E-state index in [1.807, 2.05) is 39.5 Å². The minimum atomic E-state index is -0.000749. The van der Waals surface area contributed by atoms with E-state index in [9.17, 15) is 4.79 Å². The zero-order valence-electron chi connectivity index (χ0n) is 19.4. The summed E-state index contributed by atoms with van der Waals surface area (Å²) in [5.41, 5.74) is 2.63. The summed E-state index contributed by atoms with van der Waals surface area (Å²) in [6.45, 7) is 7.02. The summed E-state index contributed by atoms with van der Waals surface area (Å²) < 4.78 is 9.23. The lowest BCUT2D eigenvalue weighted by molar-refractivity contribution is 0.0364. The van der Waals surface area contributed by atoms with Crippen LogP contribution in [-0.4, -0.2) is 64.9 Å². The Kier molecular flexibility index (Phi) is 7.99. The van der Waals surface area contributed by atoms with Crippen molar-refractivity contribution >= 4 is 57.4 Å². The zero-order chi connectivity index (χ0) is 24.5. The number of morpholine rings is 1. The van der Waals surface area contributed by atoms with E-state index >= 15 is 0 Å². The van der Waals surface area contributed by atoms with E-state index < -0.39 is 0 Å². The van der Waals surface area contributed by atoms with Crippen molar-refractivity contribution in [2.24, 2.45) is 0 Å². The molecule has 0 atom stereocenters. The highest BCUT2D eigenvalue weighted by atomic mass is 35.5. The Hall–Kier alpha value is -1.25. The summed E-state index contributed by atoms with van der Waals surface area (Å²) in [6, 6.07) is 9.35. The highest BCUT2D eigenvalue weighted by Crippen LogP contribution is 2.33. The molecule has 3 aromatic rings. The molecule has 35 heavy (non-hydrogen) atoms. The Balaban J connectivity index is 1.37. The number of fused-ring (bicyclic) bond motifs is 1. The average molecular weight is 558 g/mol. The van der Waals surface area contributed by atoms with Gasteiger partial charge < -0.3 is 4.74 Å². The molecule has 6 nitrogen and oxygen atoms in total. The monoisotopic (exact) mass is 556 g/mol. The van der Waals surface area contributed by atoms with Crippen molar-refractivity contribution in [2.45, 2.75) is 32.0 Å². The standard InChI is InChI=1S/C25H28Cl4N4O2/c26-19-2-1-3-20(27)18(19)16-31-6-4-17(5-7-31)33-24-15-22(29)21(28)14-23(24)32(25(33)34)9-8-30-10-12-35-13-11-30/h1-3,14-15,17H,4-13,16H2. The van der Waals surface area contributed by atoms with Crippen molar-refractivity contribution in [3.8, 4) is 0 Å². The van der Waals surface area contributed by atoms with Crippen LogP contribution in [0.3, 0.4) is 0 Å². The minimum Gasteiger partial charge on any atom is -0.379 e. The molecule has 0 bridgehead atoms. The summed E-state index contributed by atoms with van der Waals surface area (Å²) in [7, 11) is 0. The number of rotatable bonds is 6. The summed E-state index contributed by atoms with van der Waals surface area (Å²) >= 11 is 25.5. The first-order valence-electron chi connectivity index (χ1n) is 12.0. The lowest BCUT2D eigenvalue weighted by Gasteiger charge is -2.33. The third-order valence-corrected chi connectivity index (χ3v) is 8.54. The van der Waals surface area contributed by atoms with Gasteiger partial charge in [0.25, 0.3) is 0 Å². The maximum absolute atomic E-state index is 13.7. The molecule has 0 aliphatic carbocycles. The molecule has 188 valence electrons.